The zero-order chi connectivity index (χ0) is 13.2. The summed E-state index contributed by atoms with van der Waals surface area (Å²) in [5.74, 6) is -0.345. The molecule has 1 N–H and O–H groups in total. The van der Waals surface area contributed by atoms with Crippen LogP contribution in [0.4, 0.5) is 0 Å². The van der Waals surface area contributed by atoms with Gasteiger partial charge in [-0.25, -0.2) is 0 Å². The number of hydrogen-bond donors (Lipinski definition) is 1. The summed E-state index contributed by atoms with van der Waals surface area (Å²) in [5, 5.41) is 3.24. The molecule has 2 aliphatic heterocycles. The van der Waals surface area contributed by atoms with Crippen LogP contribution >= 0.6 is 0 Å². The van der Waals surface area contributed by atoms with Crippen LogP contribution in [0, 0.1) is 0 Å². The lowest BCUT2D eigenvalue weighted by atomic mass is 10.0. The van der Waals surface area contributed by atoms with Crippen molar-refractivity contribution in [2.45, 2.75) is 18.9 Å². The largest absolute Gasteiger partial charge is 0.315 e. The Morgan fingerprint density at radius 3 is 2.63 bits per heavy atom. The highest BCUT2D eigenvalue weighted by Gasteiger charge is 2.37. The third-order valence-electron chi connectivity index (χ3n) is 3.68. The van der Waals surface area contributed by atoms with Crippen molar-refractivity contribution in [1.82, 2.24) is 10.2 Å². The van der Waals surface area contributed by atoms with Crippen molar-refractivity contribution in [3.05, 3.63) is 42.0 Å². The van der Waals surface area contributed by atoms with Gasteiger partial charge in [-0.3, -0.25) is 14.5 Å². The Kier molecular flexibility index (Phi) is 3.17. The predicted octanol–water partition coefficient (Wildman–Crippen LogP) is 1.19. The Hall–Kier alpha value is -1.94. The number of benzene rings is 1. The molecule has 1 aromatic rings. The Balaban J connectivity index is 1.85. The lowest BCUT2D eigenvalue weighted by Gasteiger charge is -2.30. The van der Waals surface area contributed by atoms with Crippen molar-refractivity contribution in [2.75, 3.05) is 13.1 Å². The molecular formula is C15H16N2O2. The van der Waals surface area contributed by atoms with Gasteiger partial charge in [-0.1, -0.05) is 30.3 Å². The Morgan fingerprint density at radius 2 is 1.95 bits per heavy atom. The number of imide groups is 1. The van der Waals surface area contributed by atoms with Crippen molar-refractivity contribution in [3.63, 3.8) is 0 Å². The third-order valence-corrected chi connectivity index (χ3v) is 3.68. The minimum absolute atomic E-state index is 0.00814. The average Bonchev–Trinajstić information content (AvgIpc) is 2.76. The quantitative estimate of drug-likeness (QED) is 0.809. The predicted molar refractivity (Wildman–Crippen MR) is 72.2 cm³/mol. The van der Waals surface area contributed by atoms with E-state index in [0.29, 0.717) is 12.1 Å². The van der Waals surface area contributed by atoms with E-state index in [1.54, 1.807) is 0 Å². The summed E-state index contributed by atoms with van der Waals surface area (Å²) < 4.78 is 0. The highest BCUT2D eigenvalue weighted by atomic mass is 16.2. The van der Waals surface area contributed by atoms with Crippen molar-refractivity contribution < 1.29 is 9.59 Å². The minimum Gasteiger partial charge on any atom is -0.315 e. The van der Waals surface area contributed by atoms with Gasteiger partial charge in [0.15, 0.2) is 0 Å². The first kappa shape index (κ1) is 12.1. The molecule has 0 radical (unpaired) electrons. The van der Waals surface area contributed by atoms with Crippen molar-refractivity contribution in [3.8, 4) is 0 Å². The fraction of sp³-hybridized carbons (Fsp3) is 0.333. The van der Waals surface area contributed by atoms with E-state index in [9.17, 15) is 9.59 Å². The minimum atomic E-state index is -0.183. The number of hydrogen-bond acceptors (Lipinski definition) is 3. The van der Waals surface area contributed by atoms with E-state index in [1.807, 2.05) is 30.3 Å². The lowest BCUT2D eigenvalue weighted by molar-refractivity contribution is -0.139. The van der Waals surface area contributed by atoms with Crippen LogP contribution in [-0.2, 0) is 9.59 Å². The van der Waals surface area contributed by atoms with E-state index < -0.39 is 0 Å². The molecule has 4 heteroatoms. The van der Waals surface area contributed by atoms with Crippen molar-refractivity contribution in [1.29, 1.82) is 0 Å². The van der Waals surface area contributed by atoms with Crippen LogP contribution in [0.25, 0.3) is 5.57 Å². The monoisotopic (exact) mass is 256 g/mol. The molecule has 2 aliphatic rings. The van der Waals surface area contributed by atoms with Crippen molar-refractivity contribution >= 4 is 17.4 Å². The molecule has 0 spiro atoms. The van der Waals surface area contributed by atoms with Gasteiger partial charge in [0, 0.05) is 12.6 Å². The summed E-state index contributed by atoms with van der Waals surface area (Å²) in [7, 11) is 0. The fourth-order valence-electron chi connectivity index (χ4n) is 2.71. The zero-order valence-corrected chi connectivity index (χ0v) is 10.6. The molecule has 4 nitrogen and oxygen atoms in total. The Bertz CT molecular complexity index is 530. The molecule has 1 fully saturated rings. The second kappa shape index (κ2) is 4.97. The first-order valence-electron chi connectivity index (χ1n) is 6.63. The van der Waals surface area contributed by atoms with Gasteiger partial charge in [0.1, 0.15) is 0 Å². The van der Waals surface area contributed by atoms with Gasteiger partial charge < -0.3 is 5.32 Å². The van der Waals surface area contributed by atoms with Gasteiger partial charge in [-0.2, -0.15) is 0 Å². The molecule has 0 saturated carbocycles. The van der Waals surface area contributed by atoms with E-state index in [-0.39, 0.29) is 17.9 Å². The van der Waals surface area contributed by atoms with Gasteiger partial charge in [0.25, 0.3) is 11.8 Å². The van der Waals surface area contributed by atoms with E-state index in [0.717, 1.165) is 24.9 Å². The van der Waals surface area contributed by atoms with Crippen LogP contribution in [0.1, 0.15) is 18.4 Å². The standard InChI is InChI=1S/C15H16N2O2/c18-14-9-13(11-5-2-1-3-6-11)15(19)17(14)12-7-4-8-16-10-12/h1-3,5-6,9,12,16H,4,7-8,10H2/t12-/m0/s1. The van der Waals surface area contributed by atoms with E-state index in [1.165, 1.54) is 11.0 Å². The summed E-state index contributed by atoms with van der Waals surface area (Å²) in [6.45, 7) is 1.67. The summed E-state index contributed by atoms with van der Waals surface area (Å²) in [4.78, 5) is 25.9. The first-order chi connectivity index (χ1) is 9.27. The molecule has 3 rings (SSSR count). The molecule has 1 saturated heterocycles. The molecular weight excluding hydrogens is 240 g/mol. The fourth-order valence-corrected chi connectivity index (χ4v) is 2.71. The Morgan fingerprint density at radius 1 is 1.16 bits per heavy atom. The molecule has 19 heavy (non-hydrogen) atoms. The number of nitrogens with zero attached hydrogens (tertiary/aromatic N) is 1. The van der Waals surface area contributed by atoms with Crippen LogP contribution in [0.15, 0.2) is 36.4 Å². The SMILES string of the molecule is O=C1C=C(c2ccccc2)C(=O)N1[C@H]1CCCNC1. The smallest absolute Gasteiger partial charge is 0.261 e. The van der Waals surface area contributed by atoms with Gasteiger partial charge in [0.05, 0.1) is 11.6 Å². The van der Waals surface area contributed by atoms with Crippen molar-refractivity contribution in [2.24, 2.45) is 0 Å². The second-order valence-electron chi connectivity index (χ2n) is 4.94. The number of carbonyl (C=O) groups is 2. The van der Waals surface area contributed by atoms with Crippen LogP contribution < -0.4 is 5.32 Å². The number of nitrogens with one attached hydrogen (secondary N) is 1. The van der Waals surface area contributed by atoms with E-state index in [2.05, 4.69) is 5.32 Å². The summed E-state index contributed by atoms with van der Waals surface area (Å²) in [5.41, 5.74) is 1.32. The van der Waals surface area contributed by atoms with E-state index in [4.69, 9.17) is 0 Å². The first-order valence-corrected chi connectivity index (χ1v) is 6.63. The van der Waals surface area contributed by atoms with Gasteiger partial charge in [-0.15, -0.1) is 0 Å². The normalized spacial score (nSPS) is 23.7. The molecule has 1 atom stereocenters. The van der Waals surface area contributed by atoms with Gasteiger partial charge in [-0.05, 0) is 24.9 Å². The second-order valence-corrected chi connectivity index (χ2v) is 4.94. The highest BCUT2D eigenvalue weighted by Crippen LogP contribution is 2.26. The zero-order valence-electron chi connectivity index (χ0n) is 10.6. The lowest BCUT2D eigenvalue weighted by Crippen LogP contribution is -2.48. The average molecular weight is 256 g/mol. The number of rotatable bonds is 2. The van der Waals surface area contributed by atoms with Gasteiger partial charge >= 0.3 is 0 Å². The van der Waals surface area contributed by atoms with E-state index >= 15 is 0 Å². The van der Waals surface area contributed by atoms with Crippen LogP contribution in [-0.4, -0.2) is 35.8 Å². The molecule has 2 amide bonds. The molecule has 0 bridgehead atoms. The maximum absolute atomic E-state index is 12.4. The van der Waals surface area contributed by atoms with Crippen LogP contribution in [0.3, 0.4) is 0 Å². The summed E-state index contributed by atoms with van der Waals surface area (Å²) >= 11 is 0. The van der Waals surface area contributed by atoms with Gasteiger partial charge in [0.2, 0.25) is 0 Å². The highest BCUT2D eigenvalue weighted by molar-refractivity contribution is 6.33. The Labute approximate surface area is 112 Å². The topological polar surface area (TPSA) is 49.4 Å². The molecule has 0 aliphatic carbocycles. The maximum Gasteiger partial charge on any atom is 0.261 e. The molecule has 0 unspecified atom stereocenters. The van der Waals surface area contributed by atoms with Crippen LogP contribution in [0.5, 0.6) is 0 Å². The summed E-state index contributed by atoms with van der Waals surface area (Å²) in [6.07, 6.45) is 3.36. The number of piperidine rings is 1. The van der Waals surface area contributed by atoms with Crippen LogP contribution in [0.2, 0.25) is 0 Å². The molecule has 2 heterocycles. The third kappa shape index (κ3) is 2.19. The number of carbonyl (C=O) groups excluding carboxylic acids is 2. The number of amides is 2. The summed E-state index contributed by atoms with van der Waals surface area (Å²) in [6, 6.07) is 9.36. The molecule has 0 aromatic heterocycles. The molecule has 1 aromatic carbocycles. The molecule has 98 valence electrons. The maximum atomic E-state index is 12.4.